The highest BCUT2D eigenvalue weighted by Gasteiger charge is 2.58. The first kappa shape index (κ1) is 18.6. The van der Waals surface area contributed by atoms with Crippen LogP contribution in [0.15, 0.2) is 90.3 Å². The third-order valence-corrected chi connectivity index (χ3v) is 8.76. The summed E-state index contributed by atoms with van der Waals surface area (Å²) in [6.07, 6.45) is 13.9. The summed E-state index contributed by atoms with van der Waals surface area (Å²) in [5.74, 6) is 0.928. The summed E-state index contributed by atoms with van der Waals surface area (Å²) in [4.78, 5) is 5.38. The molecule has 8 rings (SSSR count). The average molecular weight is 419 g/mol. The van der Waals surface area contributed by atoms with E-state index in [0.29, 0.717) is 11.8 Å². The number of rotatable bonds is 1. The molecule has 32 heavy (non-hydrogen) atoms. The first-order chi connectivity index (χ1) is 15.6. The summed E-state index contributed by atoms with van der Waals surface area (Å²) in [6, 6.07) is 16.6. The molecule has 0 aromatic heterocycles. The molecule has 4 aliphatic heterocycles. The second-order valence-corrected chi connectivity index (χ2v) is 10.6. The van der Waals surface area contributed by atoms with Crippen LogP contribution in [-0.2, 0) is 12.8 Å². The van der Waals surface area contributed by atoms with Crippen LogP contribution in [0.2, 0.25) is 0 Å². The Balaban J connectivity index is 1.61. The summed E-state index contributed by atoms with van der Waals surface area (Å²) in [5, 5.41) is 0. The van der Waals surface area contributed by atoms with Crippen LogP contribution in [0, 0.1) is 11.3 Å². The minimum Gasteiger partial charge on any atom is -0.318 e. The molecule has 0 saturated carbocycles. The van der Waals surface area contributed by atoms with E-state index in [4.69, 9.17) is 0 Å². The minimum absolute atomic E-state index is 0.0306. The van der Waals surface area contributed by atoms with Crippen molar-refractivity contribution in [2.45, 2.75) is 51.6 Å². The van der Waals surface area contributed by atoms with Crippen molar-refractivity contribution >= 4 is 11.4 Å². The van der Waals surface area contributed by atoms with E-state index >= 15 is 0 Å². The Morgan fingerprint density at radius 2 is 1.88 bits per heavy atom. The molecule has 4 heterocycles. The van der Waals surface area contributed by atoms with Gasteiger partial charge in [0.2, 0.25) is 0 Å². The van der Waals surface area contributed by atoms with Crippen molar-refractivity contribution in [3.8, 4) is 0 Å². The van der Waals surface area contributed by atoms with Gasteiger partial charge in [0.15, 0.2) is 0 Å². The Bertz CT molecular complexity index is 1240. The molecule has 4 atom stereocenters. The van der Waals surface area contributed by atoms with E-state index < -0.39 is 0 Å². The standard InChI is InChI=1S/C30H30N2/c1-4-25-23-16-21-12-15-26(24(23)17-21)32-28-19(2)8-6-5-7-9-27(28)31-22-13-10-20(11-14-22)18-30(25,3)29(31)32/h4-5,7,9-15,17,23,25,29H,1,6,8,16,18H2,2-3H3. The largest absolute Gasteiger partial charge is 0.318 e. The summed E-state index contributed by atoms with van der Waals surface area (Å²) < 4.78 is 0. The normalized spacial score (nSPS) is 31.3. The van der Waals surface area contributed by atoms with E-state index in [1.165, 1.54) is 45.0 Å². The summed E-state index contributed by atoms with van der Waals surface area (Å²) in [6.45, 7) is 9.31. The second-order valence-electron chi connectivity index (χ2n) is 10.6. The molecule has 2 aromatic rings. The number of anilines is 2. The number of hydrogen-bond donors (Lipinski definition) is 0. The zero-order valence-electron chi connectivity index (χ0n) is 19.0. The van der Waals surface area contributed by atoms with Crippen molar-refractivity contribution in [3.63, 3.8) is 0 Å². The number of benzene rings is 2. The van der Waals surface area contributed by atoms with E-state index in [1.54, 1.807) is 0 Å². The van der Waals surface area contributed by atoms with Crippen molar-refractivity contribution < 1.29 is 0 Å². The fourth-order valence-corrected chi connectivity index (χ4v) is 7.41. The maximum absolute atomic E-state index is 4.42. The summed E-state index contributed by atoms with van der Waals surface area (Å²) in [7, 11) is 0. The van der Waals surface area contributed by atoms with Crippen LogP contribution in [0.25, 0.3) is 0 Å². The molecule has 0 amide bonds. The predicted molar refractivity (Wildman–Crippen MR) is 133 cm³/mol. The number of hydrogen-bond acceptors (Lipinski definition) is 2. The van der Waals surface area contributed by atoms with Gasteiger partial charge in [-0.15, -0.1) is 6.58 Å². The zero-order valence-corrected chi connectivity index (χ0v) is 19.0. The molecule has 1 fully saturated rings. The SMILES string of the molecule is C=CC1C2Cc3ccc(c2c3)N2C3=C(C)CCC=CC=C3N3c4ccc(cc4)CC1(C)C32. The van der Waals surface area contributed by atoms with Crippen molar-refractivity contribution in [1.82, 2.24) is 0 Å². The second kappa shape index (κ2) is 6.28. The number of nitrogens with zero attached hydrogens (tertiary/aromatic N) is 2. The highest BCUT2D eigenvalue weighted by Crippen LogP contribution is 2.61. The van der Waals surface area contributed by atoms with Gasteiger partial charge in [0.05, 0.1) is 11.4 Å². The van der Waals surface area contributed by atoms with Crippen LogP contribution in [0.1, 0.15) is 49.3 Å². The van der Waals surface area contributed by atoms with Gasteiger partial charge >= 0.3 is 0 Å². The minimum atomic E-state index is 0.0306. The van der Waals surface area contributed by atoms with Gasteiger partial charge in [0, 0.05) is 16.8 Å². The van der Waals surface area contributed by atoms with Gasteiger partial charge in [0.1, 0.15) is 6.17 Å². The summed E-state index contributed by atoms with van der Waals surface area (Å²) >= 11 is 0. The highest BCUT2D eigenvalue weighted by molar-refractivity contribution is 5.78. The van der Waals surface area contributed by atoms with Gasteiger partial charge in [-0.05, 0) is 91.0 Å². The van der Waals surface area contributed by atoms with E-state index in [2.05, 4.69) is 97.0 Å². The maximum Gasteiger partial charge on any atom is 0.117 e. The first-order valence-electron chi connectivity index (χ1n) is 12.1. The molecule has 0 N–H and O–H groups in total. The van der Waals surface area contributed by atoms with Gasteiger partial charge < -0.3 is 9.80 Å². The van der Waals surface area contributed by atoms with Gasteiger partial charge in [-0.25, -0.2) is 0 Å². The topological polar surface area (TPSA) is 6.48 Å². The monoisotopic (exact) mass is 418 g/mol. The van der Waals surface area contributed by atoms with E-state index in [0.717, 1.165) is 25.7 Å². The van der Waals surface area contributed by atoms with Crippen molar-refractivity contribution in [2.75, 3.05) is 9.80 Å². The molecule has 4 bridgehead atoms. The van der Waals surface area contributed by atoms with Gasteiger partial charge in [0.25, 0.3) is 0 Å². The van der Waals surface area contributed by atoms with Crippen LogP contribution in [0.5, 0.6) is 0 Å². The fraction of sp³-hybridized carbons (Fsp3) is 0.333. The quantitative estimate of drug-likeness (QED) is 0.467. The van der Waals surface area contributed by atoms with Crippen molar-refractivity contribution in [1.29, 1.82) is 0 Å². The molecule has 0 spiro atoms. The Hall–Kier alpha value is -3.00. The predicted octanol–water partition coefficient (Wildman–Crippen LogP) is 6.87. The lowest BCUT2D eigenvalue weighted by atomic mass is 9.64. The van der Waals surface area contributed by atoms with Crippen LogP contribution in [0.3, 0.4) is 0 Å². The lowest BCUT2D eigenvalue weighted by molar-refractivity contribution is 0.160. The molecule has 2 aromatic carbocycles. The highest BCUT2D eigenvalue weighted by atomic mass is 15.5. The Morgan fingerprint density at radius 1 is 1.06 bits per heavy atom. The van der Waals surface area contributed by atoms with Crippen LogP contribution >= 0.6 is 0 Å². The molecule has 6 aliphatic rings. The Labute approximate surface area is 191 Å². The maximum atomic E-state index is 4.42. The molecule has 160 valence electrons. The van der Waals surface area contributed by atoms with E-state index in [9.17, 15) is 0 Å². The van der Waals surface area contributed by atoms with E-state index in [1.807, 2.05) is 0 Å². The van der Waals surface area contributed by atoms with E-state index in [-0.39, 0.29) is 11.6 Å². The third kappa shape index (κ3) is 2.20. The van der Waals surface area contributed by atoms with Gasteiger partial charge in [-0.3, -0.25) is 0 Å². The van der Waals surface area contributed by atoms with Crippen molar-refractivity contribution in [3.05, 3.63) is 107 Å². The molecule has 0 radical (unpaired) electrons. The first-order valence-corrected chi connectivity index (χ1v) is 12.1. The van der Waals surface area contributed by atoms with Crippen LogP contribution in [0.4, 0.5) is 11.4 Å². The molecule has 1 saturated heterocycles. The number of fused-ring (bicyclic) bond motifs is 6. The molecule has 2 aliphatic carbocycles. The van der Waals surface area contributed by atoms with Crippen LogP contribution < -0.4 is 9.80 Å². The molecular weight excluding hydrogens is 388 g/mol. The lowest BCUT2D eigenvalue weighted by Gasteiger charge is -2.49. The van der Waals surface area contributed by atoms with Gasteiger partial charge in [-0.2, -0.15) is 0 Å². The number of allylic oxidation sites excluding steroid dienone is 5. The Kier molecular flexibility index (Phi) is 3.64. The molecule has 2 nitrogen and oxygen atoms in total. The zero-order chi connectivity index (χ0) is 21.6. The Morgan fingerprint density at radius 3 is 2.69 bits per heavy atom. The third-order valence-electron chi connectivity index (χ3n) is 8.76. The molecular formula is C30H30N2. The molecule has 4 unspecified atom stereocenters. The van der Waals surface area contributed by atoms with Gasteiger partial charge in [-0.1, -0.05) is 49.4 Å². The molecule has 2 heteroatoms. The lowest BCUT2D eigenvalue weighted by Crippen LogP contribution is -2.55. The summed E-state index contributed by atoms with van der Waals surface area (Å²) in [5.41, 5.74) is 11.5. The van der Waals surface area contributed by atoms with Crippen LogP contribution in [-0.4, -0.2) is 6.17 Å². The average Bonchev–Trinajstić information content (AvgIpc) is 3.25. The van der Waals surface area contributed by atoms with Crippen molar-refractivity contribution in [2.24, 2.45) is 11.3 Å². The fourth-order valence-electron chi connectivity index (χ4n) is 7.41. The smallest absolute Gasteiger partial charge is 0.117 e.